The summed E-state index contributed by atoms with van der Waals surface area (Å²) in [6.45, 7) is 17.2. The van der Waals surface area contributed by atoms with Crippen molar-refractivity contribution >= 4 is 50.2 Å². The number of halogens is 4. The number of furan rings is 2. The molecule has 0 aliphatic carbocycles. The minimum absolute atomic E-state index is 0. The summed E-state index contributed by atoms with van der Waals surface area (Å²) in [7, 11) is 0. The van der Waals surface area contributed by atoms with Crippen LogP contribution in [0.4, 0.5) is 0 Å². The maximum absolute atomic E-state index is 6.49. The maximum atomic E-state index is 6.49. The number of fused-ring (bicyclic) bond motifs is 2. The van der Waals surface area contributed by atoms with Crippen LogP contribution in [-0.2, 0) is 23.3 Å². The molecule has 8 rings (SSSR count). The van der Waals surface area contributed by atoms with E-state index in [-0.39, 0.29) is 30.2 Å². The molecule has 0 N–H and O–H groups in total. The van der Waals surface area contributed by atoms with Crippen molar-refractivity contribution in [2.75, 3.05) is 0 Å². The zero-order chi connectivity index (χ0) is 37.3. The normalized spacial score (nSPS) is 10.6. The second kappa shape index (κ2) is 18.7. The smallest absolute Gasteiger partial charge is 0.0896 e. The van der Waals surface area contributed by atoms with Crippen LogP contribution in [0.2, 0.25) is 23.1 Å². The van der Waals surface area contributed by atoms with Gasteiger partial charge in [0.25, 0.3) is 0 Å². The van der Waals surface area contributed by atoms with Crippen molar-refractivity contribution in [2.24, 2.45) is 0 Å². The number of hydrogen-bond acceptors (Lipinski definition) is 2. The molecular formula is C46H42Cl4O2SiZr-2. The van der Waals surface area contributed by atoms with Gasteiger partial charge in [0, 0.05) is 10.0 Å². The number of benzene rings is 4. The summed E-state index contributed by atoms with van der Waals surface area (Å²) in [6, 6.07) is 37.4. The predicted octanol–water partition coefficient (Wildman–Crippen LogP) is 8.92. The third-order valence-corrected chi connectivity index (χ3v) is 10.1. The van der Waals surface area contributed by atoms with E-state index in [2.05, 4.69) is 89.3 Å². The molecule has 2 heterocycles. The first-order valence-corrected chi connectivity index (χ1v) is 24.3. The molecule has 8 aromatic rings. The van der Waals surface area contributed by atoms with Crippen LogP contribution < -0.4 is 24.8 Å². The van der Waals surface area contributed by atoms with Gasteiger partial charge >= 0.3 is 41.9 Å². The SMILES string of the molecule is C[Si](C)=[Zr+2].Cc1ccc(-c2cc3c(-c4ccccc4Cl)c(C)c(C)cc3[cH-]2)o1.Cc1ccc(-c2cc3c(-c4ccccc4Cl)c(C)c(C)cc3[cH-]2)o1.[Cl-].[Cl-]. The fourth-order valence-corrected chi connectivity index (χ4v) is 7.15. The van der Waals surface area contributed by atoms with Crippen LogP contribution >= 0.6 is 23.2 Å². The van der Waals surface area contributed by atoms with Crippen molar-refractivity contribution in [2.45, 2.75) is 54.6 Å². The Kier molecular flexibility index (Phi) is 15.1. The van der Waals surface area contributed by atoms with Gasteiger partial charge in [-0.1, -0.05) is 93.0 Å². The minimum atomic E-state index is 0. The van der Waals surface area contributed by atoms with E-state index in [4.69, 9.17) is 32.0 Å². The Labute approximate surface area is 356 Å². The fourth-order valence-electron chi connectivity index (χ4n) is 6.69. The molecule has 0 saturated heterocycles. The van der Waals surface area contributed by atoms with E-state index >= 15 is 0 Å². The topological polar surface area (TPSA) is 26.3 Å². The first kappa shape index (κ1) is 43.6. The van der Waals surface area contributed by atoms with Crippen LogP contribution in [0.1, 0.15) is 33.8 Å². The Bertz CT molecular complexity index is 2390. The van der Waals surface area contributed by atoms with Crippen molar-refractivity contribution in [1.29, 1.82) is 0 Å². The van der Waals surface area contributed by atoms with Gasteiger partial charge in [0.05, 0.1) is 23.0 Å². The van der Waals surface area contributed by atoms with E-state index in [0.29, 0.717) is 0 Å². The van der Waals surface area contributed by atoms with Gasteiger partial charge in [0.1, 0.15) is 0 Å². The molecule has 0 aliphatic rings. The van der Waals surface area contributed by atoms with Crippen molar-refractivity contribution in [3.05, 3.63) is 153 Å². The third kappa shape index (κ3) is 9.47. The van der Waals surface area contributed by atoms with Gasteiger partial charge in [0.15, 0.2) is 0 Å². The molecule has 0 atom stereocenters. The fraction of sp³-hybridized carbons (Fsp3) is 0.174. The Balaban J connectivity index is 0.000000212. The van der Waals surface area contributed by atoms with Crippen LogP contribution in [0.25, 0.3) is 66.4 Å². The second-order valence-electron chi connectivity index (χ2n) is 13.7. The summed E-state index contributed by atoms with van der Waals surface area (Å²) in [5, 5.41) is 6.44. The Morgan fingerprint density at radius 2 is 0.889 bits per heavy atom. The molecule has 8 heteroatoms. The van der Waals surface area contributed by atoms with Gasteiger partial charge in [-0.15, -0.1) is 57.9 Å². The average Bonchev–Trinajstić information content (AvgIpc) is 3.91. The first-order chi connectivity index (χ1) is 24.8. The van der Waals surface area contributed by atoms with Crippen LogP contribution in [0.15, 0.2) is 118 Å². The molecule has 0 radical (unpaired) electrons. The van der Waals surface area contributed by atoms with Gasteiger partial charge in [0.2, 0.25) is 0 Å². The zero-order valence-electron chi connectivity index (χ0n) is 31.7. The van der Waals surface area contributed by atoms with Crippen molar-refractivity contribution < 1.29 is 57.0 Å². The molecule has 54 heavy (non-hydrogen) atoms. The van der Waals surface area contributed by atoms with Crippen LogP contribution in [0.3, 0.4) is 0 Å². The Morgan fingerprint density at radius 1 is 0.537 bits per heavy atom. The first-order valence-electron chi connectivity index (χ1n) is 17.4. The van der Waals surface area contributed by atoms with Crippen molar-refractivity contribution in [1.82, 2.24) is 0 Å². The number of aryl methyl sites for hydroxylation is 4. The molecule has 2 aromatic heterocycles. The molecule has 0 aliphatic heterocycles. The standard InChI is InChI=1S/2C22H18ClO.C2H6Si.2ClH.Zr/c2*1-13-10-16-11-17(21-9-8-14(2)24-21)12-19(16)22(15(13)3)18-6-4-5-7-20(18)23;1-3-2;;;/h2*4-12H,1-3H3;1-2H3;2*1H;/q2*-1;;;;+2/p-2. The minimum Gasteiger partial charge on any atom is -1.00 e. The van der Waals surface area contributed by atoms with E-state index in [9.17, 15) is 0 Å². The monoisotopic (exact) mass is 884 g/mol. The van der Waals surface area contributed by atoms with Gasteiger partial charge in [-0.25, -0.2) is 0 Å². The second-order valence-corrected chi connectivity index (χ2v) is 23.8. The molecule has 0 saturated carbocycles. The quantitative estimate of drug-likeness (QED) is 0.131. The third-order valence-electron chi connectivity index (χ3n) is 9.40. The molecule has 0 bridgehead atoms. The summed E-state index contributed by atoms with van der Waals surface area (Å²) in [5.74, 6) is 3.66. The van der Waals surface area contributed by atoms with Gasteiger partial charge < -0.3 is 33.6 Å². The summed E-state index contributed by atoms with van der Waals surface area (Å²) in [4.78, 5) is 0. The molecule has 0 fully saturated rings. The maximum Gasteiger partial charge on any atom is 0.0896 e. The largest absolute Gasteiger partial charge is 1.00 e. The van der Waals surface area contributed by atoms with E-state index in [1.165, 1.54) is 54.9 Å². The van der Waals surface area contributed by atoms with E-state index in [1.807, 2.05) is 74.5 Å². The molecule has 276 valence electrons. The molecule has 2 nitrogen and oxygen atoms in total. The van der Waals surface area contributed by atoms with Crippen LogP contribution in [0.5, 0.6) is 0 Å². The van der Waals surface area contributed by atoms with E-state index < -0.39 is 0 Å². The van der Waals surface area contributed by atoms with Gasteiger partial charge in [-0.3, -0.25) is 0 Å². The zero-order valence-corrected chi connectivity index (χ0v) is 38.2. The molecule has 6 aromatic carbocycles. The molecule has 0 unspecified atom stereocenters. The average molecular weight is 888 g/mol. The van der Waals surface area contributed by atoms with Gasteiger partial charge in [-0.05, 0) is 100 Å². The molecular weight excluding hydrogens is 846 g/mol. The molecule has 0 spiro atoms. The van der Waals surface area contributed by atoms with E-state index in [0.717, 1.165) is 55.3 Å². The van der Waals surface area contributed by atoms with Crippen LogP contribution in [-0.4, -0.2) is 5.43 Å². The summed E-state index contributed by atoms with van der Waals surface area (Å²) in [5.41, 5.74) is 12.1. The number of hydrogen-bond donors (Lipinski definition) is 0. The predicted molar refractivity (Wildman–Crippen MR) is 221 cm³/mol. The molecule has 0 amide bonds. The summed E-state index contributed by atoms with van der Waals surface area (Å²) >= 11 is 14.7. The van der Waals surface area contributed by atoms with Crippen LogP contribution in [0, 0.1) is 41.5 Å². The van der Waals surface area contributed by atoms with Crippen molar-refractivity contribution in [3.63, 3.8) is 0 Å². The summed E-state index contributed by atoms with van der Waals surface area (Å²) in [6.07, 6.45) is 0. The van der Waals surface area contributed by atoms with Gasteiger partial charge in [-0.2, -0.15) is 0 Å². The Hall–Kier alpha value is -3.08. The van der Waals surface area contributed by atoms with Crippen molar-refractivity contribution in [3.8, 4) is 44.9 Å². The summed E-state index contributed by atoms with van der Waals surface area (Å²) < 4.78 is 11.6. The Morgan fingerprint density at radius 3 is 1.20 bits per heavy atom. The van der Waals surface area contributed by atoms with E-state index in [1.54, 1.807) is 23.3 Å². The number of rotatable bonds is 4.